The van der Waals surface area contributed by atoms with Gasteiger partial charge >= 0.3 is 0 Å². The lowest BCUT2D eigenvalue weighted by Crippen LogP contribution is -1.96. The van der Waals surface area contributed by atoms with Crippen molar-refractivity contribution in [2.45, 2.75) is 12.2 Å². The van der Waals surface area contributed by atoms with Crippen molar-refractivity contribution in [3.05, 3.63) is 65.7 Å². The average Bonchev–Trinajstić information content (AvgIpc) is 3.24. The maximum Gasteiger partial charge on any atom is 0.114 e. The van der Waals surface area contributed by atoms with E-state index in [1.807, 2.05) is 0 Å². The third kappa shape index (κ3) is 1.28. The minimum Gasteiger partial charge on any atom is -0.360 e. The standard InChI is InChI=1S/C18H12O/c1-2-4-13-10-15-14(9-12(13)3-1)6-5-11-7-8-16-18(19-16)17(11)15/h1-10,16,18H. The fourth-order valence-corrected chi connectivity index (χ4v) is 3.22. The summed E-state index contributed by atoms with van der Waals surface area (Å²) in [4.78, 5) is 0. The summed E-state index contributed by atoms with van der Waals surface area (Å²) in [5.41, 5.74) is 2.68. The molecule has 19 heavy (non-hydrogen) atoms. The van der Waals surface area contributed by atoms with E-state index in [-0.39, 0.29) is 6.10 Å². The van der Waals surface area contributed by atoms with Gasteiger partial charge in [0.2, 0.25) is 0 Å². The third-order valence-electron chi connectivity index (χ3n) is 4.24. The molecule has 1 heterocycles. The van der Waals surface area contributed by atoms with Gasteiger partial charge in [0.25, 0.3) is 0 Å². The predicted molar refractivity (Wildman–Crippen MR) is 78.1 cm³/mol. The van der Waals surface area contributed by atoms with Crippen LogP contribution in [0.4, 0.5) is 0 Å². The molecule has 0 N–H and O–H groups in total. The van der Waals surface area contributed by atoms with Crippen LogP contribution in [0.25, 0.3) is 27.6 Å². The van der Waals surface area contributed by atoms with E-state index in [4.69, 9.17) is 4.74 Å². The first-order valence-corrected chi connectivity index (χ1v) is 6.69. The average molecular weight is 244 g/mol. The Morgan fingerprint density at radius 1 is 0.842 bits per heavy atom. The lowest BCUT2D eigenvalue weighted by molar-refractivity contribution is 0.396. The van der Waals surface area contributed by atoms with Crippen molar-refractivity contribution in [1.82, 2.24) is 0 Å². The zero-order valence-corrected chi connectivity index (χ0v) is 10.3. The highest BCUT2D eigenvalue weighted by Crippen LogP contribution is 2.48. The maximum absolute atomic E-state index is 5.74. The maximum atomic E-state index is 5.74. The molecule has 3 aromatic rings. The molecule has 3 aromatic carbocycles. The van der Waals surface area contributed by atoms with E-state index in [1.54, 1.807) is 0 Å². The topological polar surface area (TPSA) is 12.5 Å². The molecule has 0 radical (unpaired) electrons. The first kappa shape index (κ1) is 9.76. The van der Waals surface area contributed by atoms with Gasteiger partial charge in [-0.2, -0.15) is 0 Å². The molecule has 2 aliphatic rings. The van der Waals surface area contributed by atoms with Gasteiger partial charge in [-0.1, -0.05) is 48.6 Å². The Balaban J connectivity index is 1.95. The third-order valence-corrected chi connectivity index (χ3v) is 4.24. The van der Waals surface area contributed by atoms with Gasteiger partial charge in [0.05, 0.1) is 0 Å². The monoisotopic (exact) mass is 244 g/mol. The summed E-state index contributed by atoms with van der Waals surface area (Å²) in [6.07, 6.45) is 4.95. The molecule has 0 aromatic heterocycles. The highest BCUT2D eigenvalue weighted by molar-refractivity contribution is 6.01. The zero-order valence-electron chi connectivity index (χ0n) is 10.3. The van der Waals surface area contributed by atoms with E-state index in [0.29, 0.717) is 6.10 Å². The Hall–Kier alpha value is -2.12. The second-order valence-corrected chi connectivity index (χ2v) is 5.37. The van der Waals surface area contributed by atoms with Crippen molar-refractivity contribution in [2.75, 3.05) is 0 Å². The van der Waals surface area contributed by atoms with Crippen molar-refractivity contribution < 1.29 is 4.74 Å². The van der Waals surface area contributed by atoms with Crippen molar-refractivity contribution in [2.24, 2.45) is 0 Å². The lowest BCUT2D eigenvalue weighted by Gasteiger charge is -2.12. The van der Waals surface area contributed by atoms with Crippen LogP contribution < -0.4 is 0 Å². The van der Waals surface area contributed by atoms with E-state index >= 15 is 0 Å². The summed E-state index contributed by atoms with van der Waals surface area (Å²) < 4.78 is 5.74. The number of epoxide rings is 1. The Bertz CT molecular complexity index is 860. The fraction of sp³-hybridized carbons (Fsp3) is 0.111. The van der Waals surface area contributed by atoms with E-state index < -0.39 is 0 Å². The molecule has 2 atom stereocenters. The second kappa shape index (κ2) is 3.25. The lowest BCUT2D eigenvalue weighted by atomic mass is 9.90. The van der Waals surface area contributed by atoms with Crippen LogP contribution >= 0.6 is 0 Å². The van der Waals surface area contributed by atoms with Crippen LogP contribution in [0.5, 0.6) is 0 Å². The molecule has 90 valence electrons. The van der Waals surface area contributed by atoms with Crippen LogP contribution in [0.2, 0.25) is 0 Å². The van der Waals surface area contributed by atoms with Gasteiger partial charge in [0.1, 0.15) is 12.2 Å². The number of fused-ring (bicyclic) bond motifs is 6. The molecular formula is C18H12O. The summed E-state index contributed by atoms with van der Waals surface area (Å²) in [5.74, 6) is 0. The number of ether oxygens (including phenoxy) is 1. The van der Waals surface area contributed by atoms with Crippen LogP contribution in [0, 0.1) is 0 Å². The van der Waals surface area contributed by atoms with Crippen molar-refractivity contribution in [3.63, 3.8) is 0 Å². The molecule has 1 saturated heterocycles. The van der Waals surface area contributed by atoms with E-state index in [9.17, 15) is 0 Å². The van der Waals surface area contributed by atoms with Gasteiger partial charge in [-0.3, -0.25) is 0 Å². The number of hydrogen-bond donors (Lipinski definition) is 0. The summed E-state index contributed by atoms with van der Waals surface area (Å²) in [5, 5.41) is 5.25. The van der Waals surface area contributed by atoms with Gasteiger partial charge < -0.3 is 4.74 Å². The smallest absolute Gasteiger partial charge is 0.114 e. The summed E-state index contributed by atoms with van der Waals surface area (Å²) >= 11 is 0. The van der Waals surface area contributed by atoms with Crippen LogP contribution in [-0.2, 0) is 4.74 Å². The van der Waals surface area contributed by atoms with Crippen molar-refractivity contribution in [3.8, 4) is 0 Å². The molecule has 0 spiro atoms. The summed E-state index contributed by atoms with van der Waals surface area (Å²) in [7, 11) is 0. The van der Waals surface area contributed by atoms with Crippen molar-refractivity contribution >= 4 is 27.6 Å². The van der Waals surface area contributed by atoms with Crippen LogP contribution in [0.15, 0.2) is 54.6 Å². The molecule has 0 amide bonds. The largest absolute Gasteiger partial charge is 0.360 e. The molecular weight excluding hydrogens is 232 g/mol. The number of benzene rings is 3. The molecule has 1 fully saturated rings. The first-order valence-electron chi connectivity index (χ1n) is 6.69. The highest BCUT2D eigenvalue weighted by atomic mass is 16.6. The second-order valence-electron chi connectivity index (χ2n) is 5.37. The Morgan fingerprint density at radius 2 is 1.68 bits per heavy atom. The minimum absolute atomic E-state index is 0.282. The molecule has 1 aliphatic carbocycles. The van der Waals surface area contributed by atoms with E-state index in [1.165, 1.54) is 32.7 Å². The van der Waals surface area contributed by atoms with Gasteiger partial charge in [-0.15, -0.1) is 0 Å². The Labute approximate surface area is 111 Å². The van der Waals surface area contributed by atoms with E-state index in [2.05, 4.69) is 60.7 Å². The quantitative estimate of drug-likeness (QED) is 0.420. The van der Waals surface area contributed by atoms with Gasteiger partial charge in [0, 0.05) is 0 Å². The molecule has 1 nitrogen and oxygen atoms in total. The van der Waals surface area contributed by atoms with Crippen molar-refractivity contribution in [1.29, 1.82) is 0 Å². The molecule has 5 rings (SSSR count). The van der Waals surface area contributed by atoms with Gasteiger partial charge in [0.15, 0.2) is 0 Å². The van der Waals surface area contributed by atoms with Crippen LogP contribution in [0.1, 0.15) is 17.2 Å². The zero-order chi connectivity index (χ0) is 12.4. The molecule has 1 aliphatic heterocycles. The number of hydrogen-bond acceptors (Lipinski definition) is 1. The highest BCUT2D eigenvalue weighted by Gasteiger charge is 2.42. The molecule has 1 heteroatoms. The van der Waals surface area contributed by atoms with Gasteiger partial charge in [-0.05, 0) is 44.8 Å². The van der Waals surface area contributed by atoms with Crippen LogP contribution in [0.3, 0.4) is 0 Å². The van der Waals surface area contributed by atoms with E-state index in [0.717, 1.165) is 0 Å². The Morgan fingerprint density at radius 3 is 2.58 bits per heavy atom. The molecule has 2 unspecified atom stereocenters. The Kier molecular flexibility index (Phi) is 1.67. The van der Waals surface area contributed by atoms with Crippen LogP contribution in [-0.4, -0.2) is 6.10 Å². The minimum atomic E-state index is 0.282. The SMILES string of the molecule is C1=CC2OC2c2c1ccc1cc3ccccc3cc21. The molecule has 0 saturated carbocycles. The normalized spacial score (nSPS) is 23.4. The fourth-order valence-electron chi connectivity index (χ4n) is 3.22. The summed E-state index contributed by atoms with van der Waals surface area (Å²) in [6.45, 7) is 0. The van der Waals surface area contributed by atoms with Gasteiger partial charge in [-0.25, -0.2) is 0 Å². The predicted octanol–water partition coefficient (Wildman–Crippen LogP) is 4.46. The molecule has 0 bridgehead atoms. The summed E-state index contributed by atoms with van der Waals surface area (Å²) in [6, 6.07) is 17.6. The number of rotatable bonds is 0. The first-order chi connectivity index (χ1) is 9.40.